The Morgan fingerprint density at radius 2 is 1.81 bits per heavy atom. The molecule has 1 fully saturated rings. The molecule has 0 aromatic rings. The third-order valence-corrected chi connectivity index (χ3v) is 6.19. The molecule has 2 amide bonds. The summed E-state index contributed by atoms with van der Waals surface area (Å²) in [4.78, 5) is 50.6. The van der Waals surface area contributed by atoms with Gasteiger partial charge in [0, 0.05) is 20.0 Å². The lowest BCUT2D eigenvalue weighted by atomic mass is 9.87. The maximum absolute atomic E-state index is 13.6. The molecule has 0 bridgehead atoms. The average Bonchev–Trinajstić information content (AvgIpc) is 2.81. The van der Waals surface area contributed by atoms with E-state index < -0.39 is 59.8 Å². The number of carbonyl (C=O) groups is 4. The van der Waals surface area contributed by atoms with Crippen molar-refractivity contribution < 1.29 is 41.8 Å². The number of nitrogens with two attached hydrogens (primary N) is 1. The van der Waals surface area contributed by atoms with Crippen LogP contribution in [0.4, 0.5) is 13.2 Å². The molecule has 5 N–H and O–H groups in total. The van der Waals surface area contributed by atoms with E-state index in [9.17, 15) is 32.3 Å². The van der Waals surface area contributed by atoms with Gasteiger partial charge >= 0.3 is 18.1 Å². The molecule has 1 heterocycles. The number of rotatable bonds is 9. The first-order chi connectivity index (χ1) is 17.3. The maximum Gasteiger partial charge on any atom is 0.491 e. The highest BCUT2D eigenvalue weighted by molar-refractivity contribution is 5.97. The van der Waals surface area contributed by atoms with Crippen molar-refractivity contribution in [3.63, 3.8) is 0 Å². The van der Waals surface area contributed by atoms with Crippen LogP contribution in [0.3, 0.4) is 0 Å². The second-order valence-electron chi connectivity index (χ2n) is 9.17. The van der Waals surface area contributed by atoms with Gasteiger partial charge in [0.05, 0.1) is 12.1 Å². The Bertz CT molecular complexity index is 904. The van der Waals surface area contributed by atoms with Crippen LogP contribution < -0.4 is 16.4 Å². The first-order valence-electron chi connectivity index (χ1n) is 12.2. The van der Waals surface area contributed by atoms with Gasteiger partial charge in [-0.25, -0.2) is 9.59 Å². The number of hydrogen-bond donors (Lipinski definition) is 4. The zero-order chi connectivity index (χ0) is 27.8. The molecule has 0 aromatic heterocycles. The first kappa shape index (κ1) is 29.9. The molecule has 14 heteroatoms. The number of alkyl halides is 3. The number of ether oxygens (including phenoxy) is 2. The second-order valence-corrected chi connectivity index (χ2v) is 9.17. The first-order valence-corrected chi connectivity index (χ1v) is 12.2. The van der Waals surface area contributed by atoms with Crippen LogP contribution in [0.1, 0.15) is 58.8 Å². The van der Waals surface area contributed by atoms with Crippen molar-refractivity contribution in [1.82, 2.24) is 15.5 Å². The SMILES string of the molecule is CCCN(CCC1CCCCC1)C(=O)[C@@H]1OC(C(=O)OC(=O)C(F)(F)F)=C[C@H](NC(=N)N)[C@H]1NC(C)=O. The van der Waals surface area contributed by atoms with E-state index in [0.29, 0.717) is 25.4 Å². The molecule has 208 valence electrons. The van der Waals surface area contributed by atoms with Gasteiger partial charge in [-0.05, 0) is 24.8 Å². The molecule has 1 aliphatic heterocycles. The van der Waals surface area contributed by atoms with E-state index >= 15 is 0 Å². The van der Waals surface area contributed by atoms with Crippen molar-refractivity contribution in [1.29, 1.82) is 5.41 Å². The normalized spacial score (nSPS) is 22.2. The van der Waals surface area contributed by atoms with Crippen LogP contribution in [-0.2, 0) is 28.7 Å². The molecule has 0 unspecified atom stereocenters. The monoisotopic (exact) mass is 533 g/mol. The van der Waals surface area contributed by atoms with Crippen LogP contribution in [-0.4, -0.2) is 72.1 Å². The van der Waals surface area contributed by atoms with E-state index in [1.54, 1.807) is 0 Å². The molecule has 0 radical (unpaired) electrons. The predicted octanol–water partition coefficient (Wildman–Crippen LogP) is 1.47. The summed E-state index contributed by atoms with van der Waals surface area (Å²) in [6.07, 6.45) is 0.746. The van der Waals surface area contributed by atoms with Crippen molar-refractivity contribution in [3.05, 3.63) is 11.8 Å². The largest absolute Gasteiger partial charge is 0.491 e. The van der Waals surface area contributed by atoms with Gasteiger partial charge in [-0.1, -0.05) is 39.0 Å². The summed E-state index contributed by atoms with van der Waals surface area (Å²) in [7, 11) is 0. The molecule has 1 aliphatic carbocycles. The maximum atomic E-state index is 13.6. The lowest BCUT2D eigenvalue weighted by Gasteiger charge is -2.39. The topological polar surface area (TPSA) is 164 Å². The Morgan fingerprint density at radius 3 is 2.35 bits per heavy atom. The number of esters is 2. The summed E-state index contributed by atoms with van der Waals surface area (Å²) in [5, 5.41) is 12.5. The highest BCUT2D eigenvalue weighted by atomic mass is 19.4. The number of nitrogens with one attached hydrogen (secondary N) is 3. The Morgan fingerprint density at radius 1 is 1.16 bits per heavy atom. The van der Waals surface area contributed by atoms with Gasteiger partial charge in [-0.2, -0.15) is 13.2 Å². The number of hydrogen-bond acceptors (Lipinski definition) is 7. The molecule has 37 heavy (non-hydrogen) atoms. The minimum absolute atomic E-state index is 0.332. The quantitative estimate of drug-likeness (QED) is 0.150. The summed E-state index contributed by atoms with van der Waals surface area (Å²) in [5.74, 6) is -6.74. The van der Waals surface area contributed by atoms with Gasteiger partial charge in [-0.3, -0.25) is 15.0 Å². The molecular formula is C23H34F3N5O6. The van der Waals surface area contributed by atoms with Gasteiger partial charge in [0.2, 0.25) is 11.7 Å². The molecule has 2 aliphatic rings. The zero-order valence-corrected chi connectivity index (χ0v) is 20.9. The number of halogens is 3. The summed E-state index contributed by atoms with van der Waals surface area (Å²) in [6, 6.07) is -2.40. The van der Waals surface area contributed by atoms with Crippen molar-refractivity contribution in [2.75, 3.05) is 13.1 Å². The third-order valence-electron chi connectivity index (χ3n) is 6.19. The fraction of sp³-hybridized carbons (Fsp3) is 0.696. The highest BCUT2D eigenvalue weighted by Gasteiger charge is 2.47. The fourth-order valence-electron chi connectivity index (χ4n) is 4.52. The van der Waals surface area contributed by atoms with E-state index in [-0.39, 0.29) is 0 Å². The lowest BCUT2D eigenvalue weighted by Crippen LogP contribution is -2.63. The van der Waals surface area contributed by atoms with E-state index in [0.717, 1.165) is 38.2 Å². The molecule has 0 saturated heterocycles. The summed E-state index contributed by atoms with van der Waals surface area (Å²) < 4.78 is 47.2. The third kappa shape index (κ3) is 8.93. The van der Waals surface area contributed by atoms with Crippen molar-refractivity contribution in [2.24, 2.45) is 11.7 Å². The Balaban J connectivity index is 2.35. The molecule has 0 spiro atoms. The molecule has 1 saturated carbocycles. The Labute approximate surface area is 212 Å². The average molecular weight is 534 g/mol. The van der Waals surface area contributed by atoms with E-state index in [1.807, 2.05) is 6.92 Å². The second kappa shape index (κ2) is 13.3. The van der Waals surface area contributed by atoms with E-state index in [4.69, 9.17) is 15.9 Å². The van der Waals surface area contributed by atoms with Crippen LogP contribution in [0.2, 0.25) is 0 Å². The Kier molecular flexibility index (Phi) is 10.7. The minimum Gasteiger partial charge on any atom is -0.471 e. The van der Waals surface area contributed by atoms with Gasteiger partial charge in [-0.15, -0.1) is 0 Å². The van der Waals surface area contributed by atoms with Crippen LogP contribution in [0.15, 0.2) is 11.8 Å². The fourth-order valence-corrected chi connectivity index (χ4v) is 4.52. The molecule has 0 aromatic carbocycles. The van der Waals surface area contributed by atoms with Gasteiger partial charge in [0.25, 0.3) is 5.91 Å². The molecular weight excluding hydrogens is 499 g/mol. The number of guanidine groups is 1. The summed E-state index contributed by atoms with van der Waals surface area (Å²) in [6.45, 7) is 3.75. The highest BCUT2D eigenvalue weighted by Crippen LogP contribution is 2.28. The van der Waals surface area contributed by atoms with E-state index in [2.05, 4.69) is 15.4 Å². The van der Waals surface area contributed by atoms with Crippen LogP contribution in [0.25, 0.3) is 0 Å². The van der Waals surface area contributed by atoms with Crippen molar-refractivity contribution >= 4 is 29.7 Å². The van der Waals surface area contributed by atoms with Crippen molar-refractivity contribution in [3.8, 4) is 0 Å². The standard InChI is InChI=1S/C23H34F3N5O6/c1-3-10-31(11-9-14-7-5-4-6-8-14)19(33)18-17(29-13(2)32)15(30-22(27)28)12-16(36-18)20(34)37-21(35)23(24,25)26/h12,14-15,17-18H,3-11H2,1-2H3,(H,29,32)(H4,27,28,30)/t15-,17+,18+/m0/s1. The van der Waals surface area contributed by atoms with Crippen LogP contribution in [0, 0.1) is 11.3 Å². The predicted molar refractivity (Wildman–Crippen MR) is 125 cm³/mol. The lowest BCUT2D eigenvalue weighted by molar-refractivity contribution is -0.202. The van der Waals surface area contributed by atoms with Gasteiger partial charge in [0.1, 0.15) is 0 Å². The number of nitrogens with zero attached hydrogens (tertiary/aromatic N) is 1. The van der Waals surface area contributed by atoms with Crippen LogP contribution in [0.5, 0.6) is 0 Å². The number of amides is 2. The van der Waals surface area contributed by atoms with Crippen LogP contribution >= 0.6 is 0 Å². The summed E-state index contributed by atoms with van der Waals surface area (Å²) >= 11 is 0. The van der Waals surface area contributed by atoms with E-state index in [1.165, 1.54) is 18.2 Å². The molecule has 11 nitrogen and oxygen atoms in total. The Hall–Kier alpha value is -3.32. The number of carbonyl (C=O) groups excluding carboxylic acids is 4. The summed E-state index contributed by atoms with van der Waals surface area (Å²) in [5.41, 5.74) is 5.41. The van der Waals surface area contributed by atoms with Gasteiger partial charge in [0.15, 0.2) is 12.1 Å². The zero-order valence-electron chi connectivity index (χ0n) is 20.9. The molecule has 2 rings (SSSR count). The van der Waals surface area contributed by atoms with Crippen molar-refractivity contribution in [2.45, 2.75) is 83.2 Å². The van der Waals surface area contributed by atoms with Gasteiger partial charge < -0.3 is 30.7 Å². The minimum atomic E-state index is -5.44. The smallest absolute Gasteiger partial charge is 0.471 e. The molecule has 3 atom stereocenters.